The number of hydrogen-bond acceptors (Lipinski definition) is 4. The molecule has 5 nitrogen and oxygen atoms in total. The molecule has 1 atom stereocenters. The predicted octanol–water partition coefficient (Wildman–Crippen LogP) is 2.61. The lowest BCUT2D eigenvalue weighted by molar-refractivity contribution is -0.137. The topological polar surface area (TPSA) is 59.2 Å². The number of halogens is 3. The van der Waals surface area contributed by atoms with Gasteiger partial charge in [0.05, 0.1) is 5.56 Å². The van der Waals surface area contributed by atoms with Crippen molar-refractivity contribution >= 4 is 11.6 Å². The lowest BCUT2D eigenvalue weighted by Gasteiger charge is -2.18. The van der Waals surface area contributed by atoms with Crippen molar-refractivity contribution in [2.75, 3.05) is 11.4 Å². The van der Waals surface area contributed by atoms with Gasteiger partial charge in [-0.1, -0.05) is 11.2 Å². The van der Waals surface area contributed by atoms with Crippen LogP contribution in [-0.4, -0.2) is 22.6 Å². The van der Waals surface area contributed by atoms with Crippen LogP contribution in [0.4, 0.5) is 18.9 Å². The van der Waals surface area contributed by atoms with E-state index in [1.807, 2.05) is 0 Å². The molecule has 21 heavy (non-hydrogen) atoms. The summed E-state index contributed by atoms with van der Waals surface area (Å²) < 4.78 is 42.8. The molecule has 1 saturated heterocycles. The Morgan fingerprint density at radius 2 is 2.14 bits per heavy atom. The van der Waals surface area contributed by atoms with Crippen LogP contribution in [-0.2, 0) is 11.0 Å². The summed E-state index contributed by atoms with van der Waals surface area (Å²) in [4.78, 5) is 17.2. The number of nitrogens with zero attached hydrogens (tertiary/aromatic N) is 3. The molecule has 1 unspecified atom stereocenters. The van der Waals surface area contributed by atoms with Crippen molar-refractivity contribution in [2.45, 2.75) is 18.5 Å². The predicted molar refractivity (Wildman–Crippen MR) is 65.5 cm³/mol. The van der Waals surface area contributed by atoms with E-state index in [1.165, 1.54) is 17.0 Å². The molecule has 1 aliphatic rings. The van der Waals surface area contributed by atoms with Gasteiger partial charge in [0.15, 0.2) is 5.82 Å². The zero-order chi connectivity index (χ0) is 15.0. The summed E-state index contributed by atoms with van der Waals surface area (Å²) in [6.07, 6.45) is -3.13. The Hall–Kier alpha value is -2.38. The number of aromatic nitrogens is 2. The quantitative estimate of drug-likeness (QED) is 0.855. The first kappa shape index (κ1) is 13.6. The van der Waals surface area contributed by atoms with E-state index in [4.69, 9.17) is 0 Å². The molecule has 0 radical (unpaired) electrons. The average molecular weight is 297 g/mol. The van der Waals surface area contributed by atoms with Crippen LogP contribution < -0.4 is 4.90 Å². The first-order valence-corrected chi connectivity index (χ1v) is 6.19. The third-order valence-electron chi connectivity index (χ3n) is 3.35. The molecule has 1 aromatic carbocycles. The number of alkyl halides is 3. The van der Waals surface area contributed by atoms with Gasteiger partial charge >= 0.3 is 6.18 Å². The van der Waals surface area contributed by atoms with Crippen molar-refractivity contribution in [3.8, 4) is 0 Å². The van der Waals surface area contributed by atoms with Gasteiger partial charge in [-0.15, -0.1) is 0 Å². The van der Waals surface area contributed by atoms with E-state index in [0.717, 1.165) is 18.5 Å². The van der Waals surface area contributed by atoms with E-state index in [9.17, 15) is 18.0 Å². The number of amides is 1. The molecule has 0 N–H and O–H groups in total. The van der Waals surface area contributed by atoms with Crippen LogP contribution >= 0.6 is 0 Å². The molecular weight excluding hydrogens is 287 g/mol. The number of anilines is 1. The minimum Gasteiger partial charge on any atom is -0.343 e. The molecule has 8 heteroatoms. The van der Waals surface area contributed by atoms with Crippen LogP contribution in [0.1, 0.15) is 23.7 Å². The van der Waals surface area contributed by atoms with Gasteiger partial charge in [0, 0.05) is 24.6 Å². The van der Waals surface area contributed by atoms with Gasteiger partial charge in [-0.3, -0.25) is 4.79 Å². The molecule has 1 fully saturated rings. The van der Waals surface area contributed by atoms with Gasteiger partial charge in [-0.05, 0) is 18.2 Å². The normalized spacial score (nSPS) is 19.3. The van der Waals surface area contributed by atoms with Crippen LogP contribution in [0.25, 0.3) is 0 Å². The molecule has 3 rings (SSSR count). The van der Waals surface area contributed by atoms with Crippen LogP contribution in [0.15, 0.2) is 35.2 Å². The molecule has 1 aliphatic heterocycles. The molecule has 2 heterocycles. The summed E-state index contributed by atoms with van der Waals surface area (Å²) in [5.41, 5.74) is -0.559. The Morgan fingerprint density at radius 1 is 1.33 bits per heavy atom. The number of carbonyl (C=O) groups is 1. The molecule has 0 saturated carbocycles. The molecule has 2 aromatic rings. The van der Waals surface area contributed by atoms with Crippen LogP contribution in [0.3, 0.4) is 0 Å². The minimum absolute atomic E-state index is 0.149. The highest BCUT2D eigenvalue weighted by Gasteiger charge is 2.36. The second-order valence-corrected chi connectivity index (χ2v) is 4.74. The standard InChI is InChI=1S/C13H10F3N3O2/c14-13(15,16)9-2-1-3-10(5-9)19-6-8(4-11(19)20)12-17-7-21-18-12/h1-3,5,7-8H,4,6H2. The molecule has 1 aromatic heterocycles. The largest absolute Gasteiger partial charge is 0.416 e. The van der Waals surface area contributed by atoms with E-state index >= 15 is 0 Å². The Kier molecular flexibility index (Phi) is 3.15. The highest BCUT2D eigenvalue weighted by molar-refractivity contribution is 5.96. The van der Waals surface area contributed by atoms with Gasteiger partial charge < -0.3 is 9.42 Å². The van der Waals surface area contributed by atoms with Gasteiger partial charge in [0.25, 0.3) is 0 Å². The molecule has 1 amide bonds. The first-order valence-electron chi connectivity index (χ1n) is 6.19. The zero-order valence-electron chi connectivity index (χ0n) is 10.7. The SMILES string of the molecule is O=C1CC(c2ncon2)CN1c1cccc(C(F)(F)F)c1. The second kappa shape index (κ2) is 4.87. The van der Waals surface area contributed by atoms with Crippen molar-refractivity contribution < 1.29 is 22.5 Å². The van der Waals surface area contributed by atoms with E-state index in [0.29, 0.717) is 5.82 Å². The first-order chi connectivity index (χ1) is 9.95. The smallest absolute Gasteiger partial charge is 0.343 e. The van der Waals surface area contributed by atoms with Gasteiger partial charge in [0.2, 0.25) is 12.3 Å². The van der Waals surface area contributed by atoms with E-state index in [1.54, 1.807) is 0 Å². The number of benzene rings is 1. The lowest BCUT2D eigenvalue weighted by Crippen LogP contribution is -2.24. The van der Waals surface area contributed by atoms with Crippen molar-refractivity contribution in [1.82, 2.24) is 10.1 Å². The maximum Gasteiger partial charge on any atom is 0.416 e. The summed E-state index contributed by atoms with van der Waals surface area (Å²) in [5.74, 6) is -0.146. The van der Waals surface area contributed by atoms with Gasteiger partial charge in [0.1, 0.15) is 0 Å². The van der Waals surface area contributed by atoms with E-state index in [-0.39, 0.29) is 30.5 Å². The highest BCUT2D eigenvalue weighted by atomic mass is 19.4. The maximum atomic E-state index is 12.7. The summed E-state index contributed by atoms with van der Waals surface area (Å²) in [7, 11) is 0. The molecule has 0 spiro atoms. The average Bonchev–Trinajstić information content (AvgIpc) is 3.07. The lowest BCUT2D eigenvalue weighted by atomic mass is 10.1. The number of hydrogen-bond donors (Lipinski definition) is 0. The van der Waals surface area contributed by atoms with Crippen LogP contribution in [0, 0.1) is 0 Å². The Labute approximate surface area is 117 Å². The fourth-order valence-corrected chi connectivity index (χ4v) is 2.34. The fourth-order valence-electron chi connectivity index (χ4n) is 2.34. The summed E-state index contributed by atoms with van der Waals surface area (Å²) in [6, 6.07) is 4.70. The van der Waals surface area contributed by atoms with Crippen molar-refractivity contribution in [3.63, 3.8) is 0 Å². The number of rotatable bonds is 2. The van der Waals surface area contributed by atoms with Crippen LogP contribution in [0.2, 0.25) is 0 Å². The Morgan fingerprint density at radius 3 is 2.81 bits per heavy atom. The summed E-state index contributed by atoms with van der Waals surface area (Å²) >= 11 is 0. The van der Waals surface area contributed by atoms with Crippen LogP contribution in [0.5, 0.6) is 0 Å². The van der Waals surface area contributed by atoms with Gasteiger partial charge in [-0.2, -0.15) is 18.2 Å². The zero-order valence-corrected chi connectivity index (χ0v) is 10.7. The van der Waals surface area contributed by atoms with Crippen molar-refractivity contribution in [2.24, 2.45) is 0 Å². The molecule has 0 bridgehead atoms. The summed E-state index contributed by atoms with van der Waals surface area (Å²) in [5, 5.41) is 3.67. The Bertz CT molecular complexity index is 655. The third-order valence-corrected chi connectivity index (χ3v) is 3.35. The second-order valence-electron chi connectivity index (χ2n) is 4.74. The Balaban J connectivity index is 1.86. The van der Waals surface area contributed by atoms with Gasteiger partial charge in [-0.25, -0.2) is 0 Å². The van der Waals surface area contributed by atoms with E-state index < -0.39 is 11.7 Å². The monoisotopic (exact) mass is 297 g/mol. The third kappa shape index (κ3) is 2.61. The summed E-state index contributed by atoms with van der Waals surface area (Å²) in [6.45, 7) is 0.236. The van der Waals surface area contributed by atoms with Crippen molar-refractivity contribution in [3.05, 3.63) is 42.0 Å². The number of carbonyl (C=O) groups excluding carboxylic acids is 1. The maximum absolute atomic E-state index is 12.7. The van der Waals surface area contributed by atoms with E-state index in [2.05, 4.69) is 14.7 Å². The molecular formula is C13H10F3N3O2. The minimum atomic E-state index is -4.44. The molecule has 0 aliphatic carbocycles. The fraction of sp³-hybridized carbons (Fsp3) is 0.308. The highest BCUT2D eigenvalue weighted by Crippen LogP contribution is 2.34. The van der Waals surface area contributed by atoms with Crippen molar-refractivity contribution in [1.29, 1.82) is 0 Å². The molecule has 110 valence electrons.